The fourth-order valence-electron chi connectivity index (χ4n) is 3.32. The van der Waals surface area contributed by atoms with Crippen molar-refractivity contribution in [3.05, 3.63) is 48.2 Å². The first-order valence-corrected chi connectivity index (χ1v) is 9.39. The molecular formula is C22H21FN4O2. The lowest BCUT2D eigenvalue weighted by Crippen LogP contribution is -2.04. The van der Waals surface area contributed by atoms with Gasteiger partial charge in [-0.3, -0.25) is 4.99 Å². The van der Waals surface area contributed by atoms with Crippen LogP contribution in [0.4, 0.5) is 10.2 Å². The van der Waals surface area contributed by atoms with E-state index in [4.69, 9.17) is 20.2 Å². The molecule has 4 rings (SSSR count). The van der Waals surface area contributed by atoms with Crippen LogP contribution in [0.3, 0.4) is 0 Å². The van der Waals surface area contributed by atoms with Crippen molar-refractivity contribution in [2.24, 2.45) is 4.99 Å². The van der Waals surface area contributed by atoms with Gasteiger partial charge in [0.2, 0.25) is 0 Å². The minimum atomic E-state index is -0.396. The number of benzene rings is 2. The molecular weight excluding hydrogens is 371 g/mol. The Balaban J connectivity index is 1.90. The summed E-state index contributed by atoms with van der Waals surface area (Å²) >= 11 is 0. The lowest BCUT2D eigenvalue weighted by Gasteiger charge is -2.14. The van der Waals surface area contributed by atoms with Gasteiger partial charge in [-0.25, -0.2) is 14.4 Å². The first kappa shape index (κ1) is 18.9. The van der Waals surface area contributed by atoms with Crippen molar-refractivity contribution in [1.82, 2.24) is 9.97 Å². The number of anilines is 1. The van der Waals surface area contributed by atoms with Gasteiger partial charge < -0.3 is 15.2 Å². The zero-order valence-electron chi connectivity index (χ0n) is 16.3. The van der Waals surface area contributed by atoms with Crippen molar-refractivity contribution in [2.45, 2.75) is 19.8 Å². The van der Waals surface area contributed by atoms with Crippen LogP contribution in [0.5, 0.6) is 11.5 Å². The number of halogens is 1. The number of aliphatic imine (C=N–C) groups is 1. The Labute approximate surface area is 167 Å². The molecule has 148 valence electrons. The molecule has 29 heavy (non-hydrogen) atoms. The molecule has 0 aliphatic carbocycles. The molecule has 0 atom stereocenters. The maximum absolute atomic E-state index is 14.6. The van der Waals surface area contributed by atoms with Crippen LogP contribution >= 0.6 is 0 Å². The van der Waals surface area contributed by atoms with E-state index < -0.39 is 5.82 Å². The average molecular weight is 392 g/mol. The predicted octanol–water partition coefficient (Wildman–Crippen LogP) is 4.63. The summed E-state index contributed by atoms with van der Waals surface area (Å²) in [5.41, 5.74) is 8.85. The molecule has 7 heteroatoms. The minimum Gasteiger partial charge on any atom is -0.497 e. The van der Waals surface area contributed by atoms with E-state index in [9.17, 15) is 4.39 Å². The summed E-state index contributed by atoms with van der Waals surface area (Å²) in [7, 11) is 1.50. The van der Waals surface area contributed by atoms with Gasteiger partial charge in [-0.05, 0) is 49.6 Å². The maximum Gasteiger partial charge on any atom is 0.159 e. The molecule has 0 fully saturated rings. The highest BCUT2D eigenvalue weighted by Crippen LogP contribution is 2.36. The van der Waals surface area contributed by atoms with Crippen molar-refractivity contribution >= 4 is 28.5 Å². The zero-order chi connectivity index (χ0) is 20.4. The van der Waals surface area contributed by atoms with Gasteiger partial charge in [-0.2, -0.15) is 0 Å². The number of nitrogens with zero attached hydrogens (tertiary/aromatic N) is 3. The fraction of sp³-hybridized carbons (Fsp3) is 0.227. The first-order valence-electron chi connectivity index (χ1n) is 9.39. The van der Waals surface area contributed by atoms with Crippen LogP contribution in [0.2, 0.25) is 0 Å². The fourth-order valence-corrected chi connectivity index (χ4v) is 3.32. The second-order valence-corrected chi connectivity index (χ2v) is 6.61. The van der Waals surface area contributed by atoms with Crippen LogP contribution in [0, 0.1) is 5.82 Å². The number of rotatable bonds is 5. The van der Waals surface area contributed by atoms with Gasteiger partial charge in [0.15, 0.2) is 5.82 Å². The molecule has 0 spiro atoms. The lowest BCUT2D eigenvalue weighted by molar-refractivity contribution is 0.343. The molecule has 3 aromatic rings. The third-order valence-corrected chi connectivity index (χ3v) is 4.75. The Morgan fingerprint density at radius 3 is 2.72 bits per heavy atom. The van der Waals surface area contributed by atoms with Gasteiger partial charge in [0.05, 0.1) is 13.7 Å². The Kier molecular flexibility index (Phi) is 5.12. The normalized spacial score (nSPS) is 13.4. The Hall–Kier alpha value is -3.48. The van der Waals surface area contributed by atoms with Gasteiger partial charge >= 0.3 is 0 Å². The smallest absolute Gasteiger partial charge is 0.159 e. The van der Waals surface area contributed by atoms with Crippen LogP contribution < -0.4 is 15.2 Å². The Morgan fingerprint density at radius 2 is 2.03 bits per heavy atom. The summed E-state index contributed by atoms with van der Waals surface area (Å²) in [4.78, 5) is 13.3. The number of fused-ring (bicyclic) bond motifs is 1. The summed E-state index contributed by atoms with van der Waals surface area (Å²) in [6.45, 7) is 2.33. The minimum absolute atomic E-state index is 0.317. The van der Waals surface area contributed by atoms with Crippen molar-refractivity contribution < 1.29 is 13.9 Å². The first-order chi connectivity index (χ1) is 14.1. The molecule has 1 aliphatic rings. The molecule has 0 saturated heterocycles. The lowest BCUT2D eigenvalue weighted by atomic mass is 10.0. The Bertz CT molecular complexity index is 1140. The summed E-state index contributed by atoms with van der Waals surface area (Å²) in [5, 5.41) is 0.616. The number of allylic oxidation sites excluding steroid dienone is 1. The molecule has 1 aromatic heterocycles. The van der Waals surface area contributed by atoms with Crippen molar-refractivity contribution in [1.29, 1.82) is 0 Å². The molecule has 6 nitrogen and oxygen atoms in total. The highest BCUT2D eigenvalue weighted by molar-refractivity contribution is 5.97. The van der Waals surface area contributed by atoms with E-state index in [1.165, 1.54) is 13.2 Å². The van der Waals surface area contributed by atoms with Crippen LogP contribution in [0.1, 0.15) is 25.6 Å². The molecule has 0 saturated carbocycles. The standard InChI is InChI=1S/C22H21FN4O2/c1-3-29-19-10-14(16-7-6-15(28-2)11-18(16)23)9-17-20(19)26-22(27-21(17)24)13-5-4-8-25-12-13/h6-12H,3-5H2,1-2H3,(H2,24,26,27). The molecule has 0 unspecified atom stereocenters. The number of nitrogens with two attached hydrogens (primary N) is 1. The number of aromatic nitrogens is 2. The third-order valence-electron chi connectivity index (χ3n) is 4.75. The number of methoxy groups -OCH3 is 1. The van der Waals surface area contributed by atoms with E-state index in [1.54, 1.807) is 30.5 Å². The van der Waals surface area contributed by atoms with Crippen molar-refractivity contribution in [2.75, 3.05) is 19.5 Å². The van der Waals surface area contributed by atoms with Crippen LogP contribution in [-0.4, -0.2) is 29.9 Å². The van der Waals surface area contributed by atoms with E-state index >= 15 is 0 Å². The second-order valence-electron chi connectivity index (χ2n) is 6.61. The molecule has 2 heterocycles. The van der Waals surface area contributed by atoms with Gasteiger partial charge in [0.25, 0.3) is 0 Å². The second kappa shape index (κ2) is 7.87. The number of hydrogen-bond donors (Lipinski definition) is 1. The van der Waals surface area contributed by atoms with Gasteiger partial charge in [-0.15, -0.1) is 0 Å². The molecule has 2 aromatic carbocycles. The van der Waals surface area contributed by atoms with Crippen molar-refractivity contribution in [3.8, 4) is 22.6 Å². The van der Waals surface area contributed by atoms with Crippen LogP contribution in [-0.2, 0) is 0 Å². The van der Waals surface area contributed by atoms with Gasteiger partial charge in [-0.1, -0.05) is 0 Å². The monoisotopic (exact) mass is 392 g/mol. The molecule has 0 radical (unpaired) electrons. The topological polar surface area (TPSA) is 82.6 Å². The van der Waals surface area contributed by atoms with Gasteiger partial charge in [0, 0.05) is 35.0 Å². The highest BCUT2D eigenvalue weighted by Gasteiger charge is 2.17. The predicted molar refractivity (Wildman–Crippen MR) is 113 cm³/mol. The van der Waals surface area contributed by atoms with Crippen LogP contribution in [0.15, 0.2) is 41.5 Å². The third kappa shape index (κ3) is 3.63. The van der Waals surface area contributed by atoms with Crippen LogP contribution in [0.25, 0.3) is 27.6 Å². The average Bonchev–Trinajstić information content (AvgIpc) is 2.74. The van der Waals surface area contributed by atoms with E-state index in [0.29, 0.717) is 51.8 Å². The van der Waals surface area contributed by atoms with Crippen molar-refractivity contribution in [3.63, 3.8) is 0 Å². The van der Waals surface area contributed by atoms with E-state index in [-0.39, 0.29) is 0 Å². The summed E-state index contributed by atoms with van der Waals surface area (Å²) in [6, 6.07) is 8.29. The largest absolute Gasteiger partial charge is 0.497 e. The number of nitrogen functional groups attached to an aromatic ring is 1. The molecule has 1 aliphatic heterocycles. The quantitative estimate of drug-likeness (QED) is 0.684. The van der Waals surface area contributed by atoms with E-state index in [0.717, 1.165) is 18.4 Å². The van der Waals surface area contributed by atoms with E-state index in [1.807, 2.05) is 13.1 Å². The summed E-state index contributed by atoms with van der Waals surface area (Å²) in [5.74, 6) is 1.44. The summed E-state index contributed by atoms with van der Waals surface area (Å²) in [6.07, 6.45) is 5.25. The SMILES string of the molecule is CCOc1cc(-c2ccc(OC)cc2F)cc2c(N)nc(C3=CN=CCC3)nc12. The molecule has 2 N–H and O–H groups in total. The zero-order valence-corrected chi connectivity index (χ0v) is 16.3. The summed E-state index contributed by atoms with van der Waals surface area (Å²) < 4.78 is 25.6. The Morgan fingerprint density at radius 1 is 1.17 bits per heavy atom. The van der Waals surface area contributed by atoms with Gasteiger partial charge in [0.1, 0.15) is 28.7 Å². The maximum atomic E-state index is 14.6. The molecule has 0 amide bonds. The van der Waals surface area contributed by atoms with E-state index in [2.05, 4.69) is 9.98 Å². The number of ether oxygens (including phenoxy) is 2. The number of hydrogen-bond acceptors (Lipinski definition) is 6. The highest BCUT2D eigenvalue weighted by atomic mass is 19.1. The molecule has 0 bridgehead atoms.